The van der Waals surface area contributed by atoms with E-state index in [-0.39, 0.29) is 11.5 Å². The molecule has 0 radical (unpaired) electrons. The predicted octanol–water partition coefficient (Wildman–Crippen LogP) is 2.54. The average molecular weight is 275 g/mol. The molecule has 20 heavy (non-hydrogen) atoms. The molecule has 0 fully saturated rings. The number of anilines is 1. The lowest BCUT2D eigenvalue weighted by Gasteiger charge is -2.27. The van der Waals surface area contributed by atoms with Crippen LogP contribution in [-0.2, 0) is 0 Å². The van der Waals surface area contributed by atoms with Gasteiger partial charge in [-0.2, -0.15) is 0 Å². The highest BCUT2D eigenvalue weighted by molar-refractivity contribution is 5.64. The molecular weight excluding hydrogens is 254 g/mol. The van der Waals surface area contributed by atoms with Gasteiger partial charge in [-0.1, -0.05) is 20.8 Å². The summed E-state index contributed by atoms with van der Waals surface area (Å²) in [4.78, 5) is 0. The van der Waals surface area contributed by atoms with E-state index >= 15 is 0 Å². The third-order valence-corrected chi connectivity index (χ3v) is 3.54. The van der Waals surface area contributed by atoms with E-state index in [2.05, 4.69) is 43.2 Å². The zero-order valence-electron chi connectivity index (χ0n) is 12.6. The lowest BCUT2D eigenvalue weighted by molar-refractivity contribution is 0.243. The molecule has 1 aromatic carbocycles. The van der Waals surface area contributed by atoms with Crippen LogP contribution in [0.15, 0.2) is 18.2 Å². The molecular formula is C14H21N5O. The van der Waals surface area contributed by atoms with E-state index in [0.717, 1.165) is 5.56 Å². The van der Waals surface area contributed by atoms with Crippen molar-refractivity contribution in [2.45, 2.75) is 33.7 Å². The molecule has 0 amide bonds. The van der Waals surface area contributed by atoms with Crippen LogP contribution in [0.4, 0.5) is 5.69 Å². The van der Waals surface area contributed by atoms with Crippen molar-refractivity contribution in [2.24, 2.45) is 5.41 Å². The molecule has 0 aliphatic carbocycles. The fourth-order valence-electron chi connectivity index (χ4n) is 1.88. The van der Waals surface area contributed by atoms with Gasteiger partial charge in [-0.05, 0) is 34.9 Å². The maximum Gasteiger partial charge on any atom is 0.182 e. The fraction of sp³-hybridized carbons (Fsp3) is 0.500. The summed E-state index contributed by atoms with van der Waals surface area (Å²) in [5, 5.41) is 12.0. The minimum atomic E-state index is 0.0501. The van der Waals surface area contributed by atoms with Gasteiger partial charge in [0.15, 0.2) is 5.82 Å². The third-order valence-electron chi connectivity index (χ3n) is 3.54. The fourth-order valence-corrected chi connectivity index (χ4v) is 1.88. The Balaban J connectivity index is 2.50. The van der Waals surface area contributed by atoms with Crippen LogP contribution in [0.3, 0.4) is 0 Å². The zero-order valence-corrected chi connectivity index (χ0v) is 12.6. The van der Waals surface area contributed by atoms with Crippen molar-refractivity contribution in [3.8, 4) is 17.1 Å². The minimum Gasteiger partial charge on any atom is -0.497 e. The largest absolute Gasteiger partial charge is 0.497 e. The van der Waals surface area contributed by atoms with Crippen molar-refractivity contribution in [3.63, 3.8) is 0 Å². The molecule has 0 spiro atoms. The SMILES string of the molecule is COc1cc(N)cc(-c2nnnn2C(C)C(C)(C)C)c1. The number of rotatable bonds is 3. The van der Waals surface area contributed by atoms with Crippen LogP contribution in [-0.4, -0.2) is 27.3 Å². The standard InChI is InChI=1S/C14H21N5O/c1-9(14(2,3)4)19-13(16-17-18-19)10-6-11(15)8-12(7-10)20-5/h6-9H,15H2,1-5H3. The van der Waals surface area contributed by atoms with E-state index < -0.39 is 0 Å². The molecule has 6 heteroatoms. The first-order valence-corrected chi connectivity index (χ1v) is 6.55. The van der Waals surface area contributed by atoms with Gasteiger partial charge in [0.2, 0.25) is 0 Å². The summed E-state index contributed by atoms with van der Waals surface area (Å²) >= 11 is 0. The molecule has 1 heterocycles. The molecule has 1 aromatic heterocycles. The molecule has 1 unspecified atom stereocenters. The molecule has 0 aliphatic heterocycles. The number of hydrogen-bond donors (Lipinski definition) is 1. The van der Waals surface area contributed by atoms with E-state index in [1.807, 2.05) is 16.8 Å². The van der Waals surface area contributed by atoms with E-state index in [1.165, 1.54) is 0 Å². The van der Waals surface area contributed by atoms with Crippen molar-refractivity contribution < 1.29 is 4.74 Å². The summed E-state index contributed by atoms with van der Waals surface area (Å²) < 4.78 is 7.07. The number of tetrazole rings is 1. The van der Waals surface area contributed by atoms with Crippen LogP contribution in [0.1, 0.15) is 33.7 Å². The van der Waals surface area contributed by atoms with E-state index in [4.69, 9.17) is 10.5 Å². The molecule has 2 aromatic rings. The summed E-state index contributed by atoms with van der Waals surface area (Å²) in [5.41, 5.74) is 7.42. The minimum absolute atomic E-state index is 0.0501. The Morgan fingerprint density at radius 2 is 1.95 bits per heavy atom. The smallest absolute Gasteiger partial charge is 0.182 e. The highest BCUT2D eigenvalue weighted by Crippen LogP contribution is 2.33. The maximum absolute atomic E-state index is 5.90. The first kappa shape index (κ1) is 14.3. The van der Waals surface area contributed by atoms with Gasteiger partial charge >= 0.3 is 0 Å². The Morgan fingerprint density at radius 1 is 1.25 bits per heavy atom. The normalized spacial score (nSPS) is 13.2. The van der Waals surface area contributed by atoms with Crippen molar-refractivity contribution in [1.82, 2.24) is 20.2 Å². The number of methoxy groups -OCH3 is 1. The predicted molar refractivity (Wildman–Crippen MR) is 78.4 cm³/mol. The summed E-state index contributed by atoms with van der Waals surface area (Å²) in [6.45, 7) is 8.57. The van der Waals surface area contributed by atoms with Crippen LogP contribution >= 0.6 is 0 Å². The Morgan fingerprint density at radius 3 is 2.55 bits per heavy atom. The number of ether oxygens (including phenoxy) is 1. The highest BCUT2D eigenvalue weighted by Gasteiger charge is 2.26. The van der Waals surface area contributed by atoms with Gasteiger partial charge in [-0.25, -0.2) is 4.68 Å². The molecule has 2 rings (SSSR count). The number of nitrogens with zero attached hydrogens (tertiary/aromatic N) is 4. The Hall–Kier alpha value is -2.11. The van der Waals surface area contributed by atoms with E-state index in [1.54, 1.807) is 13.2 Å². The van der Waals surface area contributed by atoms with Crippen molar-refractivity contribution in [1.29, 1.82) is 0 Å². The van der Waals surface area contributed by atoms with Crippen molar-refractivity contribution in [2.75, 3.05) is 12.8 Å². The summed E-state index contributed by atoms with van der Waals surface area (Å²) in [7, 11) is 1.61. The van der Waals surface area contributed by atoms with Gasteiger partial charge in [0, 0.05) is 17.3 Å². The molecule has 0 aliphatic rings. The Labute approximate surface area is 118 Å². The van der Waals surface area contributed by atoms with Crippen molar-refractivity contribution in [3.05, 3.63) is 18.2 Å². The van der Waals surface area contributed by atoms with Crippen LogP contribution in [0.2, 0.25) is 0 Å². The monoisotopic (exact) mass is 275 g/mol. The maximum atomic E-state index is 5.90. The first-order valence-electron chi connectivity index (χ1n) is 6.55. The molecule has 0 bridgehead atoms. The molecule has 108 valence electrons. The zero-order chi connectivity index (χ0) is 14.9. The summed E-state index contributed by atoms with van der Waals surface area (Å²) in [5.74, 6) is 1.39. The van der Waals surface area contributed by atoms with Crippen LogP contribution < -0.4 is 10.5 Å². The highest BCUT2D eigenvalue weighted by atomic mass is 16.5. The van der Waals surface area contributed by atoms with Crippen LogP contribution in [0.25, 0.3) is 11.4 Å². The van der Waals surface area contributed by atoms with Gasteiger partial charge in [0.05, 0.1) is 13.2 Å². The Kier molecular flexibility index (Phi) is 3.65. The van der Waals surface area contributed by atoms with Crippen molar-refractivity contribution >= 4 is 5.69 Å². The summed E-state index contributed by atoms with van der Waals surface area (Å²) in [6.07, 6.45) is 0. The number of aromatic nitrogens is 4. The first-order chi connectivity index (χ1) is 9.32. The van der Waals surface area contributed by atoms with Gasteiger partial charge in [-0.3, -0.25) is 0 Å². The molecule has 2 N–H and O–H groups in total. The number of hydrogen-bond acceptors (Lipinski definition) is 5. The van der Waals surface area contributed by atoms with Gasteiger partial charge in [0.1, 0.15) is 5.75 Å². The van der Waals surface area contributed by atoms with Gasteiger partial charge < -0.3 is 10.5 Å². The second-order valence-corrected chi connectivity index (χ2v) is 5.98. The average Bonchev–Trinajstić information content (AvgIpc) is 2.84. The van der Waals surface area contributed by atoms with Crippen LogP contribution in [0.5, 0.6) is 5.75 Å². The molecule has 6 nitrogen and oxygen atoms in total. The second kappa shape index (κ2) is 5.11. The van der Waals surface area contributed by atoms with Crippen LogP contribution in [0, 0.1) is 5.41 Å². The van der Waals surface area contributed by atoms with E-state index in [9.17, 15) is 0 Å². The second-order valence-electron chi connectivity index (χ2n) is 5.98. The lowest BCUT2D eigenvalue weighted by atomic mass is 9.88. The van der Waals surface area contributed by atoms with Gasteiger partial charge in [0.25, 0.3) is 0 Å². The number of nitrogens with two attached hydrogens (primary N) is 1. The molecule has 1 atom stereocenters. The lowest BCUT2D eigenvalue weighted by Crippen LogP contribution is -2.23. The number of nitrogen functional groups attached to an aromatic ring is 1. The van der Waals surface area contributed by atoms with Gasteiger partial charge in [-0.15, -0.1) is 5.10 Å². The third kappa shape index (κ3) is 2.74. The number of benzene rings is 1. The van der Waals surface area contributed by atoms with E-state index in [0.29, 0.717) is 17.3 Å². The topological polar surface area (TPSA) is 78.8 Å². The quantitative estimate of drug-likeness (QED) is 0.871. The molecule has 0 saturated heterocycles. The summed E-state index contributed by atoms with van der Waals surface area (Å²) in [6, 6.07) is 5.65. The molecule has 0 saturated carbocycles. The Bertz CT molecular complexity index is 600.